The minimum absolute atomic E-state index is 0.138. The molecule has 164 valence electrons. The van der Waals surface area contributed by atoms with Crippen molar-refractivity contribution in [3.8, 4) is 0 Å². The van der Waals surface area contributed by atoms with Crippen LogP contribution in [-0.4, -0.2) is 49.3 Å². The monoisotopic (exact) mass is 424 g/mol. The van der Waals surface area contributed by atoms with Gasteiger partial charge in [-0.05, 0) is 73.4 Å². The summed E-state index contributed by atoms with van der Waals surface area (Å²) in [5.74, 6) is 0.455. The summed E-state index contributed by atoms with van der Waals surface area (Å²) in [7, 11) is 0. The van der Waals surface area contributed by atoms with Crippen LogP contribution in [0.3, 0.4) is 0 Å². The van der Waals surface area contributed by atoms with Crippen LogP contribution in [0, 0.1) is 5.82 Å². The van der Waals surface area contributed by atoms with Crippen LogP contribution < -0.4 is 0 Å². The third-order valence-corrected chi connectivity index (χ3v) is 5.50. The quantitative estimate of drug-likeness (QED) is 0.576. The molecule has 1 aliphatic rings. The highest BCUT2D eigenvalue weighted by Crippen LogP contribution is 2.32. The van der Waals surface area contributed by atoms with E-state index < -0.39 is 0 Å². The van der Waals surface area contributed by atoms with Crippen molar-refractivity contribution in [3.05, 3.63) is 71.6 Å². The molecule has 1 aliphatic heterocycles. The van der Waals surface area contributed by atoms with Gasteiger partial charge in [0.1, 0.15) is 5.82 Å². The second-order valence-corrected chi connectivity index (χ2v) is 9.00. The molecule has 0 aliphatic carbocycles. The van der Waals surface area contributed by atoms with Crippen LogP contribution in [0.5, 0.6) is 0 Å². The fourth-order valence-electron chi connectivity index (χ4n) is 4.05. The van der Waals surface area contributed by atoms with Crippen LogP contribution in [0.2, 0.25) is 0 Å². The Labute approximate surface area is 182 Å². The molecular weight excluding hydrogens is 395 g/mol. The van der Waals surface area contributed by atoms with Gasteiger partial charge in [0.05, 0.1) is 17.7 Å². The van der Waals surface area contributed by atoms with Gasteiger partial charge in [0.15, 0.2) is 5.82 Å². The Morgan fingerprint density at radius 2 is 2.03 bits per heavy atom. The number of hydrogen-bond donors (Lipinski definition) is 0. The van der Waals surface area contributed by atoms with Crippen LogP contribution in [0.1, 0.15) is 56.6 Å². The lowest BCUT2D eigenvalue weighted by Crippen LogP contribution is -2.39. The smallest absolute Gasteiger partial charge is 0.173 e. The minimum atomic E-state index is -0.305. The average Bonchev–Trinajstić information content (AvgIpc) is 3.42. The summed E-state index contributed by atoms with van der Waals surface area (Å²) in [6.07, 6.45) is 5.86. The fraction of sp³-hybridized carbons (Fsp3) is 0.478. The molecule has 3 aromatic rings. The van der Waals surface area contributed by atoms with Crippen LogP contribution in [0.15, 0.2) is 48.8 Å². The number of pyridine rings is 1. The van der Waals surface area contributed by atoms with E-state index in [0.717, 1.165) is 36.4 Å². The number of aromatic nitrogens is 5. The number of nitrogens with zero attached hydrogens (tertiary/aromatic N) is 6. The average molecular weight is 425 g/mol. The summed E-state index contributed by atoms with van der Waals surface area (Å²) in [6.45, 7) is 8.35. The largest absolute Gasteiger partial charge is 0.377 e. The molecule has 0 radical (unpaired) electrons. The summed E-state index contributed by atoms with van der Waals surface area (Å²) in [5, 5.41) is 12.7. The normalized spacial score (nSPS) is 17.9. The molecule has 4 rings (SSSR count). The van der Waals surface area contributed by atoms with Crippen molar-refractivity contribution in [2.75, 3.05) is 13.2 Å². The molecule has 1 fully saturated rings. The lowest BCUT2D eigenvalue weighted by molar-refractivity contribution is 0.0566. The Bertz CT molecular complexity index is 964. The Morgan fingerprint density at radius 3 is 2.68 bits per heavy atom. The lowest BCUT2D eigenvalue weighted by atomic mass is 10.0. The first-order valence-corrected chi connectivity index (χ1v) is 10.7. The second-order valence-electron chi connectivity index (χ2n) is 9.00. The number of tetrazole rings is 1. The first kappa shape index (κ1) is 21.5. The molecule has 31 heavy (non-hydrogen) atoms. The Balaban J connectivity index is 1.79. The Hall–Kier alpha value is -2.71. The highest BCUT2D eigenvalue weighted by Gasteiger charge is 2.33. The molecule has 2 atom stereocenters. The van der Waals surface area contributed by atoms with Crippen molar-refractivity contribution in [2.24, 2.45) is 0 Å². The molecule has 7 nitrogen and oxygen atoms in total. The molecule has 1 saturated heterocycles. The van der Waals surface area contributed by atoms with Crippen molar-refractivity contribution < 1.29 is 9.13 Å². The molecule has 0 bridgehead atoms. The van der Waals surface area contributed by atoms with Gasteiger partial charge < -0.3 is 4.74 Å². The maximum atomic E-state index is 13.7. The highest BCUT2D eigenvalue weighted by atomic mass is 19.1. The molecule has 0 amide bonds. The first-order valence-electron chi connectivity index (χ1n) is 10.7. The molecule has 3 heterocycles. The van der Waals surface area contributed by atoms with Gasteiger partial charge in [-0.25, -0.2) is 9.07 Å². The van der Waals surface area contributed by atoms with Gasteiger partial charge in [-0.2, -0.15) is 0 Å². The van der Waals surface area contributed by atoms with E-state index >= 15 is 0 Å². The van der Waals surface area contributed by atoms with E-state index in [2.05, 4.69) is 52.2 Å². The fourth-order valence-corrected chi connectivity index (χ4v) is 4.05. The molecular formula is C23H29FN6O. The zero-order valence-corrected chi connectivity index (χ0v) is 18.3. The van der Waals surface area contributed by atoms with E-state index in [1.807, 2.05) is 29.1 Å². The summed E-state index contributed by atoms with van der Waals surface area (Å²) >= 11 is 0. The van der Waals surface area contributed by atoms with Gasteiger partial charge in [0.2, 0.25) is 0 Å². The number of halogens is 1. The predicted molar refractivity (Wildman–Crippen MR) is 115 cm³/mol. The predicted octanol–water partition coefficient (Wildman–Crippen LogP) is 3.73. The number of benzene rings is 1. The molecule has 0 N–H and O–H groups in total. The highest BCUT2D eigenvalue weighted by molar-refractivity contribution is 5.26. The number of rotatable bonds is 7. The SMILES string of the molecule is CC(C)(C)n1nnnc1[C@H](c1ccc(F)cc1)N(Cc1cccnc1)C[C@@H]1CCCO1. The molecule has 0 saturated carbocycles. The van der Waals surface area contributed by atoms with Gasteiger partial charge in [-0.1, -0.05) is 18.2 Å². The van der Waals surface area contributed by atoms with E-state index in [1.165, 1.54) is 12.1 Å². The third kappa shape index (κ3) is 5.14. The molecule has 0 spiro atoms. The van der Waals surface area contributed by atoms with Gasteiger partial charge in [0, 0.05) is 32.1 Å². The minimum Gasteiger partial charge on any atom is -0.377 e. The van der Waals surface area contributed by atoms with Crippen molar-refractivity contribution in [1.29, 1.82) is 0 Å². The van der Waals surface area contributed by atoms with Gasteiger partial charge in [-0.15, -0.1) is 5.10 Å². The molecule has 2 aromatic heterocycles. The number of ether oxygens (including phenoxy) is 1. The zero-order valence-electron chi connectivity index (χ0n) is 18.3. The summed E-state index contributed by atoms with van der Waals surface area (Å²) in [6, 6.07) is 10.3. The van der Waals surface area contributed by atoms with Crippen molar-refractivity contribution in [1.82, 2.24) is 30.1 Å². The van der Waals surface area contributed by atoms with E-state index in [1.54, 1.807) is 6.20 Å². The van der Waals surface area contributed by atoms with E-state index in [9.17, 15) is 4.39 Å². The molecule has 0 unspecified atom stereocenters. The summed E-state index contributed by atoms with van der Waals surface area (Å²) in [4.78, 5) is 6.59. The maximum Gasteiger partial charge on any atom is 0.173 e. The van der Waals surface area contributed by atoms with Gasteiger partial charge in [-0.3, -0.25) is 9.88 Å². The van der Waals surface area contributed by atoms with Crippen LogP contribution in [-0.2, 0) is 16.8 Å². The third-order valence-electron chi connectivity index (χ3n) is 5.50. The van der Waals surface area contributed by atoms with Crippen molar-refractivity contribution >= 4 is 0 Å². The maximum absolute atomic E-state index is 13.7. The topological polar surface area (TPSA) is 69.0 Å². The van der Waals surface area contributed by atoms with Gasteiger partial charge >= 0.3 is 0 Å². The first-order chi connectivity index (χ1) is 14.9. The van der Waals surface area contributed by atoms with E-state index in [-0.39, 0.29) is 23.5 Å². The van der Waals surface area contributed by atoms with E-state index in [0.29, 0.717) is 13.1 Å². The van der Waals surface area contributed by atoms with Crippen molar-refractivity contribution in [2.45, 2.75) is 57.8 Å². The zero-order chi connectivity index (χ0) is 21.8. The van der Waals surface area contributed by atoms with E-state index in [4.69, 9.17) is 4.74 Å². The summed E-state index contributed by atoms with van der Waals surface area (Å²) in [5.41, 5.74) is 1.71. The molecule has 1 aromatic carbocycles. The lowest BCUT2D eigenvalue weighted by Gasteiger charge is -2.34. The van der Waals surface area contributed by atoms with Crippen molar-refractivity contribution in [3.63, 3.8) is 0 Å². The van der Waals surface area contributed by atoms with Crippen LogP contribution in [0.4, 0.5) is 4.39 Å². The van der Waals surface area contributed by atoms with Crippen LogP contribution in [0.25, 0.3) is 0 Å². The standard InChI is InChI=1S/C23H29FN6O/c1-23(2,3)30-22(26-27-28-30)21(18-8-10-19(24)11-9-18)29(16-20-7-5-13-31-20)15-17-6-4-12-25-14-17/h4,6,8-12,14,20-21H,5,7,13,15-16H2,1-3H3/t20-,21-/m0/s1. The number of hydrogen-bond acceptors (Lipinski definition) is 6. The Morgan fingerprint density at radius 1 is 1.23 bits per heavy atom. The summed E-state index contributed by atoms with van der Waals surface area (Å²) < 4.78 is 21.6. The molecule has 8 heteroatoms. The second kappa shape index (κ2) is 9.20. The Kier molecular flexibility index (Phi) is 6.38. The van der Waals surface area contributed by atoms with Crippen LogP contribution >= 0.6 is 0 Å². The van der Waals surface area contributed by atoms with Gasteiger partial charge in [0.25, 0.3) is 0 Å².